The average Bonchev–Trinajstić information content (AvgIpc) is 2.46. The zero-order valence-electron chi connectivity index (χ0n) is 11.6. The van der Waals surface area contributed by atoms with Crippen LogP contribution < -0.4 is 10.5 Å². The Balaban J connectivity index is 2.30. The quantitative estimate of drug-likeness (QED) is 0.913. The van der Waals surface area contributed by atoms with Crippen molar-refractivity contribution in [3.8, 4) is 5.75 Å². The van der Waals surface area contributed by atoms with E-state index in [-0.39, 0.29) is 6.04 Å². The van der Waals surface area contributed by atoms with Crippen LogP contribution >= 0.6 is 0 Å². The summed E-state index contributed by atoms with van der Waals surface area (Å²) >= 11 is 0. The monoisotopic (exact) mass is 256 g/mol. The molecule has 1 atom stereocenters. The van der Waals surface area contributed by atoms with Gasteiger partial charge in [0.25, 0.3) is 0 Å². The van der Waals surface area contributed by atoms with E-state index in [9.17, 15) is 0 Å². The summed E-state index contributed by atoms with van der Waals surface area (Å²) in [5, 5.41) is 0. The molecule has 100 valence electrons. The van der Waals surface area contributed by atoms with E-state index in [1.54, 1.807) is 13.3 Å². The van der Waals surface area contributed by atoms with Crippen LogP contribution in [0.3, 0.4) is 0 Å². The molecule has 2 N–H and O–H groups in total. The molecule has 2 aromatic rings. The van der Waals surface area contributed by atoms with Crippen molar-refractivity contribution in [2.24, 2.45) is 5.73 Å². The lowest BCUT2D eigenvalue weighted by atomic mass is 9.98. The van der Waals surface area contributed by atoms with Crippen LogP contribution in [0.2, 0.25) is 0 Å². The summed E-state index contributed by atoms with van der Waals surface area (Å²) in [6.45, 7) is 4.35. The van der Waals surface area contributed by atoms with Crippen molar-refractivity contribution >= 4 is 0 Å². The fourth-order valence-electron chi connectivity index (χ4n) is 2.06. The van der Waals surface area contributed by atoms with Crippen LogP contribution in [0.4, 0.5) is 0 Å². The minimum absolute atomic E-state index is 0.266. The van der Waals surface area contributed by atoms with E-state index in [4.69, 9.17) is 10.5 Å². The molecule has 0 aliphatic heterocycles. The minimum atomic E-state index is -0.266. The molecule has 1 heterocycles. The SMILES string of the molecule is COc1cccnc1C(N)c1ccc(C(C)C)cc1. The normalized spacial score (nSPS) is 12.5. The maximum Gasteiger partial charge on any atom is 0.142 e. The highest BCUT2D eigenvalue weighted by Gasteiger charge is 2.15. The molecule has 1 aromatic heterocycles. The summed E-state index contributed by atoms with van der Waals surface area (Å²) in [6.07, 6.45) is 1.74. The first-order chi connectivity index (χ1) is 9.13. The highest BCUT2D eigenvalue weighted by atomic mass is 16.5. The number of hydrogen-bond donors (Lipinski definition) is 1. The van der Waals surface area contributed by atoms with Crippen LogP contribution in [-0.2, 0) is 0 Å². The summed E-state index contributed by atoms with van der Waals surface area (Å²) < 4.78 is 5.31. The summed E-state index contributed by atoms with van der Waals surface area (Å²) in [6, 6.07) is 11.8. The van der Waals surface area contributed by atoms with Gasteiger partial charge in [0.15, 0.2) is 0 Å². The van der Waals surface area contributed by atoms with Crippen molar-refractivity contribution in [1.29, 1.82) is 0 Å². The predicted octanol–water partition coefficient (Wildman–Crippen LogP) is 3.26. The van der Waals surface area contributed by atoms with Gasteiger partial charge in [-0.25, -0.2) is 0 Å². The molecule has 3 nitrogen and oxygen atoms in total. The number of nitrogens with two attached hydrogens (primary N) is 1. The summed E-state index contributed by atoms with van der Waals surface area (Å²) in [7, 11) is 1.63. The Bertz CT molecular complexity index is 535. The number of aromatic nitrogens is 1. The molecule has 0 aliphatic carbocycles. The van der Waals surface area contributed by atoms with Crippen molar-refractivity contribution < 1.29 is 4.74 Å². The van der Waals surface area contributed by atoms with E-state index in [0.717, 1.165) is 17.0 Å². The van der Waals surface area contributed by atoms with Crippen molar-refractivity contribution in [3.63, 3.8) is 0 Å². The third-order valence-electron chi connectivity index (χ3n) is 3.28. The molecule has 1 aromatic carbocycles. The molecule has 19 heavy (non-hydrogen) atoms. The van der Waals surface area contributed by atoms with E-state index in [1.807, 2.05) is 12.1 Å². The lowest BCUT2D eigenvalue weighted by Crippen LogP contribution is -2.14. The van der Waals surface area contributed by atoms with Crippen LogP contribution in [0, 0.1) is 0 Å². The topological polar surface area (TPSA) is 48.1 Å². The molecule has 3 heteroatoms. The molecule has 0 saturated carbocycles. The molecule has 0 fully saturated rings. The van der Waals surface area contributed by atoms with Crippen molar-refractivity contribution in [1.82, 2.24) is 4.98 Å². The third-order valence-corrected chi connectivity index (χ3v) is 3.28. The van der Waals surface area contributed by atoms with Gasteiger partial charge in [-0.3, -0.25) is 4.98 Å². The lowest BCUT2D eigenvalue weighted by Gasteiger charge is -2.15. The highest BCUT2D eigenvalue weighted by molar-refractivity contribution is 5.37. The van der Waals surface area contributed by atoms with E-state index in [2.05, 4.69) is 43.1 Å². The average molecular weight is 256 g/mol. The zero-order chi connectivity index (χ0) is 13.8. The Morgan fingerprint density at radius 1 is 1.05 bits per heavy atom. The Labute approximate surface area is 114 Å². The Morgan fingerprint density at radius 2 is 1.68 bits per heavy atom. The van der Waals surface area contributed by atoms with E-state index >= 15 is 0 Å². The van der Waals surface area contributed by atoms with Gasteiger partial charge in [-0.1, -0.05) is 38.1 Å². The van der Waals surface area contributed by atoms with E-state index < -0.39 is 0 Å². The molecule has 1 unspecified atom stereocenters. The Morgan fingerprint density at radius 3 is 2.26 bits per heavy atom. The summed E-state index contributed by atoms with van der Waals surface area (Å²) in [5.74, 6) is 1.25. The minimum Gasteiger partial charge on any atom is -0.495 e. The van der Waals surface area contributed by atoms with Crippen LogP contribution in [0.25, 0.3) is 0 Å². The van der Waals surface area contributed by atoms with Crippen molar-refractivity contribution in [2.75, 3.05) is 7.11 Å². The molecular weight excluding hydrogens is 236 g/mol. The second kappa shape index (κ2) is 5.85. The standard InChI is InChI=1S/C16H20N2O/c1-11(2)12-6-8-13(9-7-12)15(17)16-14(19-3)5-4-10-18-16/h4-11,15H,17H2,1-3H3. The Kier molecular flexibility index (Phi) is 4.17. The zero-order valence-corrected chi connectivity index (χ0v) is 11.6. The largest absolute Gasteiger partial charge is 0.495 e. The fraction of sp³-hybridized carbons (Fsp3) is 0.312. The first-order valence-electron chi connectivity index (χ1n) is 6.47. The second-order valence-electron chi connectivity index (χ2n) is 4.89. The number of pyridine rings is 1. The summed E-state index contributed by atoms with van der Waals surface area (Å²) in [4.78, 5) is 4.33. The molecule has 0 aliphatic rings. The van der Waals surface area contributed by atoms with Gasteiger partial charge in [-0.15, -0.1) is 0 Å². The number of methoxy groups -OCH3 is 1. The number of benzene rings is 1. The number of nitrogens with zero attached hydrogens (tertiary/aromatic N) is 1. The molecule has 0 spiro atoms. The van der Waals surface area contributed by atoms with Gasteiger partial charge in [0.2, 0.25) is 0 Å². The lowest BCUT2D eigenvalue weighted by molar-refractivity contribution is 0.404. The maximum absolute atomic E-state index is 6.28. The van der Waals surface area contributed by atoms with E-state index in [0.29, 0.717) is 5.92 Å². The van der Waals surface area contributed by atoms with E-state index in [1.165, 1.54) is 5.56 Å². The fourth-order valence-corrected chi connectivity index (χ4v) is 2.06. The van der Waals surface area contributed by atoms with Gasteiger partial charge in [0, 0.05) is 6.20 Å². The smallest absolute Gasteiger partial charge is 0.142 e. The molecule has 0 bridgehead atoms. The number of rotatable bonds is 4. The molecule has 0 radical (unpaired) electrons. The molecular formula is C16H20N2O. The number of hydrogen-bond acceptors (Lipinski definition) is 3. The first-order valence-corrected chi connectivity index (χ1v) is 6.47. The van der Waals surface area contributed by atoms with Gasteiger partial charge >= 0.3 is 0 Å². The number of ether oxygens (including phenoxy) is 1. The predicted molar refractivity (Wildman–Crippen MR) is 77.4 cm³/mol. The van der Waals surface area contributed by atoms with Gasteiger partial charge in [-0.05, 0) is 29.2 Å². The van der Waals surface area contributed by atoms with Crippen molar-refractivity contribution in [3.05, 3.63) is 59.4 Å². The Hall–Kier alpha value is -1.87. The second-order valence-corrected chi connectivity index (χ2v) is 4.89. The highest BCUT2D eigenvalue weighted by Crippen LogP contribution is 2.26. The van der Waals surface area contributed by atoms with Gasteiger partial charge in [0.1, 0.15) is 11.4 Å². The first kappa shape index (κ1) is 13.6. The molecule has 2 rings (SSSR count). The van der Waals surface area contributed by atoms with Crippen LogP contribution in [0.15, 0.2) is 42.6 Å². The van der Waals surface area contributed by atoms with Crippen LogP contribution in [0.5, 0.6) is 5.75 Å². The van der Waals surface area contributed by atoms with Crippen LogP contribution in [-0.4, -0.2) is 12.1 Å². The van der Waals surface area contributed by atoms with Crippen molar-refractivity contribution in [2.45, 2.75) is 25.8 Å². The maximum atomic E-state index is 6.28. The van der Waals surface area contributed by atoms with Gasteiger partial charge in [0.05, 0.1) is 13.2 Å². The van der Waals surface area contributed by atoms with Gasteiger partial charge < -0.3 is 10.5 Å². The van der Waals surface area contributed by atoms with Gasteiger partial charge in [-0.2, -0.15) is 0 Å². The molecule has 0 saturated heterocycles. The van der Waals surface area contributed by atoms with Crippen LogP contribution in [0.1, 0.15) is 42.6 Å². The third kappa shape index (κ3) is 2.93. The summed E-state index contributed by atoms with van der Waals surface area (Å²) in [5.41, 5.74) is 9.39. The molecule has 0 amide bonds.